The van der Waals surface area contributed by atoms with Crippen LogP contribution in [0, 0.1) is 0 Å². The fourth-order valence-corrected chi connectivity index (χ4v) is 17.5. The number of hydrogen-bond donors (Lipinski definition) is 0. The first-order chi connectivity index (χ1) is 59.5. The molecule has 0 unspecified atom stereocenters. The maximum Gasteiger partial charge on any atom is 0.167 e. The van der Waals surface area contributed by atoms with Crippen LogP contribution in [-0.4, -0.2) is 39.0 Å². The van der Waals surface area contributed by atoms with Crippen LogP contribution in [0.4, 0.5) is 0 Å². The third-order valence-electron chi connectivity index (χ3n) is 23.3. The summed E-state index contributed by atoms with van der Waals surface area (Å²) in [5.41, 5.74) is 24.3. The van der Waals surface area contributed by atoms with Crippen LogP contribution in [0.25, 0.3) is 233 Å². The zero-order chi connectivity index (χ0) is 79.1. The lowest BCUT2D eigenvalue weighted by Gasteiger charge is -2.13. The van der Waals surface area contributed by atoms with Gasteiger partial charge in [-0.25, -0.2) is 29.9 Å². The van der Waals surface area contributed by atoms with Crippen LogP contribution in [0.5, 0.6) is 0 Å². The molecule has 0 radical (unpaired) electrons. The van der Waals surface area contributed by atoms with Gasteiger partial charge in [0.15, 0.2) is 34.9 Å². The van der Waals surface area contributed by atoms with E-state index >= 15 is 0 Å². The molecule has 0 atom stereocenters. The van der Waals surface area contributed by atoms with E-state index in [2.05, 4.69) is 276 Å². The number of rotatable bonds is 12. The van der Waals surface area contributed by atoms with Gasteiger partial charge in [-0.15, -0.1) is 0 Å². The van der Waals surface area contributed by atoms with Crippen molar-refractivity contribution in [2.24, 2.45) is 0 Å². The van der Waals surface area contributed by atoms with E-state index in [0.717, 1.165) is 111 Å². The van der Waals surface area contributed by atoms with E-state index in [-0.39, 0.29) is 0 Å². The molecule has 0 bridgehead atoms. The summed E-state index contributed by atoms with van der Waals surface area (Å²) in [4.78, 5) is 30.4. The first-order valence-electron chi connectivity index (χ1n) is 40.4. The summed E-state index contributed by atoms with van der Waals surface area (Å²) in [6, 6.07) is 145. The molecule has 0 aliphatic rings. The first-order valence-corrected chi connectivity index (χ1v) is 40.4. The third kappa shape index (κ3) is 12.0. The highest BCUT2D eigenvalue weighted by Crippen LogP contribution is 2.48. The lowest BCUT2D eigenvalue weighted by Crippen LogP contribution is -2.01. The summed E-state index contributed by atoms with van der Waals surface area (Å²) >= 11 is 0. The minimum atomic E-state index is 0.550. The molecule has 560 valence electrons. The molecule has 0 fully saturated rings. The lowest BCUT2D eigenvalue weighted by atomic mass is 9.98. The van der Waals surface area contributed by atoms with Crippen molar-refractivity contribution in [1.82, 2.24) is 39.0 Å². The average Bonchev–Trinajstić information content (AvgIpc) is 1.56. The summed E-state index contributed by atoms with van der Waals surface area (Å²) in [6.07, 6.45) is 0. The van der Waals surface area contributed by atoms with Crippen molar-refractivity contribution in [3.8, 4) is 124 Å². The molecule has 24 aromatic rings. The van der Waals surface area contributed by atoms with Gasteiger partial charge >= 0.3 is 0 Å². The Balaban J connectivity index is 0.000000140. The summed E-state index contributed by atoms with van der Waals surface area (Å²) < 4.78 is 18.6. The van der Waals surface area contributed by atoms with Gasteiger partial charge in [-0.05, 0) is 145 Å². The Labute approximate surface area is 689 Å². The van der Waals surface area contributed by atoms with Gasteiger partial charge in [0.2, 0.25) is 0 Å². The molecule has 6 heterocycles. The maximum atomic E-state index is 6.87. The number of fused-ring (bicyclic) bond motifs is 15. The van der Waals surface area contributed by atoms with E-state index in [9.17, 15) is 0 Å². The predicted octanol–water partition coefficient (Wildman–Crippen LogP) is 28.7. The summed E-state index contributed by atoms with van der Waals surface area (Å²) in [5, 5.41) is 13.6. The Morgan fingerprint density at radius 3 is 0.925 bits per heavy atom. The molecule has 24 rings (SSSR count). The van der Waals surface area contributed by atoms with Crippen molar-refractivity contribution in [2.75, 3.05) is 0 Å². The third-order valence-corrected chi connectivity index (χ3v) is 23.3. The van der Waals surface area contributed by atoms with Crippen LogP contribution in [0.3, 0.4) is 0 Å². The zero-order valence-corrected chi connectivity index (χ0v) is 64.7. The van der Waals surface area contributed by atoms with E-state index in [1.54, 1.807) is 0 Å². The van der Waals surface area contributed by atoms with E-state index in [4.69, 9.17) is 38.7 Å². The Morgan fingerprint density at radius 1 is 0.175 bits per heavy atom. The largest absolute Gasteiger partial charge is 0.455 e. The monoisotopic (exact) mass is 1530 g/mol. The normalized spacial score (nSPS) is 11.7. The fraction of sp³-hybridized carbons (Fsp3) is 0. The molecule has 0 amide bonds. The van der Waals surface area contributed by atoms with Gasteiger partial charge in [0, 0.05) is 54.6 Å². The zero-order valence-electron chi connectivity index (χ0n) is 64.7. The minimum Gasteiger partial charge on any atom is -0.455 e. The molecule has 18 aromatic carbocycles. The van der Waals surface area contributed by atoms with E-state index in [1.165, 1.54) is 87.6 Å². The first kappa shape index (κ1) is 69.2. The highest BCUT2D eigenvalue weighted by atomic mass is 16.3. The van der Waals surface area contributed by atoms with Crippen LogP contribution in [0.2, 0.25) is 0 Å². The van der Waals surface area contributed by atoms with Crippen molar-refractivity contribution < 1.29 is 8.83 Å². The number of furan rings is 2. The minimum absolute atomic E-state index is 0.550. The second-order valence-electron chi connectivity index (χ2n) is 30.4. The van der Waals surface area contributed by atoms with Gasteiger partial charge in [-0.2, -0.15) is 0 Å². The average molecular weight is 1530 g/mol. The van der Waals surface area contributed by atoms with Gasteiger partial charge in [-0.3, -0.25) is 0 Å². The molecule has 0 saturated carbocycles. The molecule has 6 aromatic heterocycles. The van der Waals surface area contributed by atoms with E-state index in [1.807, 2.05) is 146 Å². The molecular weight excluding hydrogens is 1470 g/mol. The maximum absolute atomic E-state index is 6.87. The molecule has 120 heavy (non-hydrogen) atoms. The molecular formula is C110H68N8O2. The Bertz CT molecular complexity index is 7740. The number of benzene rings is 18. The topological polar surface area (TPSA) is 113 Å². The number of para-hydroxylation sites is 2. The van der Waals surface area contributed by atoms with Crippen LogP contribution in [0.15, 0.2) is 421 Å². The van der Waals surface area contributed by atoms with Gasteiger partial charge < -0.3 is 18.0 Å². The SMILES string of the molecule is c1ccc(-c2ccc(-c3ccc4c(c3)c3c5ccccc5ccc3n4-c3ccc(-c4nc(-c5ccccc5)nc(-c5ccccc5)n4)c4oc5ccccc5c34)cc2)cc1.c1ccc(-c2ccc(-c3ccc4c(c3)c3cc5ccccc5cc3n4-c3ccc(-c4nc(-c5ccccc5)nc(-c5ccccc5)n4)c4oc5ccccc5c34)cc2)cc1. The number of nitrogens with zero attached hydrogens (tertiary/aromatic N) is 8. The standard InChI is InChI=1S/2C55H34N4O/c1-4-14-35(15-5-1)36-24-26-37(27-25-36)41-29-31-46-45(34-41)50-42-21-11-10-16-38(42)28-32-47(50)59(46)48-33-30-44(52-51(48)43-22-12-13-23-49(43)60-52)55-57-53(39-17-6-2-7-18-39)56-54(58-55)40-19-8-3-9-20-40;1-4-14-35(15-5-1)36-24-26-37(27-25-36)42-28-30-47-45(33-42)46-32-40-20-10-11-21-41(40)34-49(46)59(47)48-31-29-44(52-51(48)43-22-12-13-23-50(43)60-52)55-57-53(38-16-6-2-7-17-38)56-54(58-55)39-18-8-3-9-19-39/h2*1-34H. The summed E-state index contributed by atoms with van der Waals surface area (Å²) in [7, 11) is 0. The van der Waals surface area contributed by atoms with Crippen molar-refractivity contribution in [3.63, 3.8) is 0 Å². The van der Waals surface area contributed by atoms with Gasteiger partial charge in [0.1, 0.15) is 22.3 Å². The number of aromatic nitrogens is 8. The van der Waals surface area contributed by atoms with Gasteiger partial charge in [-0.1, -0.05) is 334 Å². The quantitative estimate of drug-likeness (QED) is 0.119. The Morgan fingerprint density at radius 2 is 0.483 bits per heavy atom. The smallest absolute Gasteiger partial charge is 0.167 e. The van der Waals surface area contributed by atoms with Crippen molar-refractivity contribution in [2.45, 2.75) is 0 Å². The van der Waals surface area contributed by atoms with Gasteiger partial charge in [0.05, 0.1) is 55.3 Å². The summed E-state index contributed by atoms with van der Waals surface area (Å²) in [6.45, 7) is 0. The summed E-state index contributed by atoms with van der Waals surface area (Å²) in [5.74, 6) is 3.52. The molecule has 10 heteroatoms. The fourth-order valence-electron chi connectivity index (χ4n) is 17.5. The van der Waals surface area contributed by atoms with Crippen LogP contribution in [-0.2, 0) is 0 Å². The molecule has 10 nitrogen and oxygen atoms in total. The van der Waals surface area contributed by atoms with E-state index in [0.29, 0.717) is 34.9 Å². The molecule has 0 spiro atoms. The Kier molecular flexibility index (Phi) is 16.7. The van der Waals surface area contributed by atoms with Crippen LogP contribution < -0.4 is 0 Å². The second-order valence-corrected chi connectivity index (χ2v) is 30.4. The lowest BCUT2D eigenvalue weighted by molar-refractivity contribution is 0.669. The van der Waals surface area contributed by atoms with E-state index < -0.39 is 0 Å². The molecule has 0 N–H and O–H groups in total. The molecule has 0 aliphatic carbocycles. The highest BCUT2D eigenvalue weighted by Gasteiger charge is 2.27. The van der Waals surface area contributed by atoms with Gasteiger partial charge in [0.25, 0.3) is 0 Å². The van der Waals surface area contributed by atoms with Crippen molar-refractivity contribution in [1.29, 1.82) is 0 Å². The van der Waals surface area contributed by atoms with Crippen LogP contribution in [0.1, 0.15) is 0 Å². The second kappa shape index (κ2) is 28.9. The molecule has 0 saturated heterocycles. The van der Waals surface area contributed by atoms with Crippen molar-refractivity contribution in [3.05, 3.63) is 413 Å². The van der Waals surface area contributed by atoms with Crippen molar-refractivity contribution >= 4 is 109 Å². The van der Waals surface area contributed by atoms with Crippen LogP contribution >= 0.6 is 0 Å². The predicted molar refractivity (Wildman–Crippen MR) is 492 cm³/mol. The molecule has 0 aliphatic heterocycles. The Hall–Kier alpha value is -16.3. The highest BCUT2D eigenvalue weighted by molar-refractivity contribution is 6.24. The number of hydrogen-bond acceptors (Lipinski definition) is 8.